The quantitative estimate of drug-likeness (QED) is 0.750. The second kappa shape index (κ2) is 5.45. The Balaban J connectivity index is 1.77. The van der Waals surface area contributed by atoms with Crippen molar-refractivity contribution in [1.82, 2.24) is 24.8 Å². The lowest BCUT2D eigenvalue weighted by atomic mass is 10.1. The monoisotopic (exact) mass is 305 g/mol. The summed E-state index contributed by atoms with van der Waals surface area (Å²) >= 11 is 0. The maximum atomic E-state index is 11.5. The second-order valence-electron chi connectivity index (χ2n) is 5.05. The zero-order valence-electron chi connectivity index (χ0n) is 11.6. The van der Waals surface area contributed by atoms with E-state index in [4.69, 9.17) is 0 Å². The van der Waals surface area contributed by atoms with Crippen LogP contribution in [-0.4, -0.2) is 46.1 Å². The van der Waals surface area contributed by atoms with Crippen LogP contribution < -0.4 is 0 Å². The van der Waals surface area contributed by atoms with Gasteiger partial charge in [0.05, 0.1) is 11.4 Å². The SMILES string of the molecule is CS(=O)(=O)c1ncc2c(n1)CCN(Cc1cnccn1)C2. The molecule has 0 N–H and O–H groups in total. The summed E-state index contributed by atoms with van der Waals surface area (Å²) < 4.78 is 22.9. The first-order valence-corrected chi connectivity index (χ1v) is 8.43. The Kier molecular flexibility index (Phi) is 3.64. The van der Waals surface area contributed by atoms with Crippen LogP contribution >= 0.6 is 0 Å². The number of nitrogens with zero attached hydrogens (tertiary/aromatic N) is 5. The van der Waals surface area contributed by atoms with E-state index in [-0.39, 0.29) is 5.16 Å². The van der Waals surface area contributed by atoms with E-state index in [1.807, 2.05) is 0 Å². The minimum atomic E-state index is -3.35. The molecule has 0 unspecified atom stereocenters. The highest BCUT2D eigenvalue weighted by molar-refractivity contribution is 7.90. The van der Waals surface area contributed by atoms with Crippen LogP contribution in [0, 0.1) is 0 Å². The van der Waals surface area contributed by atoms with Crippen LogP contribution in [0.4, 0.5) is 0 Å². The van der Waals surface area contributed by atoms with Gasteiger partial charge in [0.15, 0.2) is 0 Å². The lowest BCUT2D eigenvalue weighted by Gasteiger charge is -2.27. The van der Waals surface area contributed by atoms with Gasteiger partial charge in [0, 0.05) is 62.7 Å². The van der Waals surface area contributed by atoms with E-state index in [1.54, 1.807) is 24.8 Å². The molecule has 0 atom stereocenters. The zero-order valence-corrected chi connectivity index (χ0v) is 12.4. The Morgan fingerprint density at radius 1 is 1.24 bits per heavy atom. The Bertz CT molecular complexity index is 748. The Labute approximate surface area is 123 Å². The fourth-order valence-corrected chi connectivity index (χ4v) is 2.83. The number of hydrogen-bond acceptors (Lipinski definition) is 7. The van der Waals surface area contributed by atoms with Gasteiger partial charge in [-0.05, 0) is 0 Å². The van der Waals surface area contributed by atoms with Crippen molar-refractivity contribution in [3.05, 3.63) is 41.7 Å². The molecule has 0 radical (unpaired) electrons. The third kappa shape index (κ3) is 3.22. The Hall–Kier alpha value is -1.93. The van der Waals surface area contributed by atoms with Crippen LogP contribution in [0.5, 0.6) is 0 Å². The molecule has 21 heavy (non-hydrogen) atoms. The molecule has 2 aromatic heterocycles. The topological polar surface area (TPSA) is 88.9 Å². The van der Waals surface area contributed by atoms with Gasteiger partial charge >= 0.3 is 0 Å². The van der Waals surface area contributed by atoms with E-state index in [0.717, 1.165) is 29.8 Å². The number of fused-ring (bicyclic) bond motifs is 1. The van der Waals surface area contributed by atoms with Crippen LogP contribution in [-0.2, 0) is 29.3 Å². The van der Waals surface area contributed by atoms with E-state index >= 15 is 0 Å². The van der Waals surface area contributed by atoms with Crippen molar-refractivity contribution in [2.24, 2.45) is 0 Å². The molecule has 8 heteroatoms. The van der Waals surface area contributed by atoms with E-state index < -0.39 is 9.84 Å². The van der Waals surface area contributed by atoms with E-state index in [2.05, 4.69) is 24.8 Å². The summed E-state index contributed by atoms with van der Waals surface area (Å²) in [6, 6.07) is 0. The Morgan fingerprint density at radius 2 is 2.10 bits per heavy atom. The predicted molar refractivity (Wildman–Crippen MR) is 75.0 cm³/mol. The van der Waals surface area contributed by atoms with E-state index in [1.165, 1.54) is 0 Å². The standard InChI is InChI=1S/C13H15N5O2S/c1-21(19,20)13-16-6-10-8-18(5-2-12(10)17-13)9-11-7-14-3-4-15-11/h3-4,6-7H,2,5,8-9H2,1H3. The van der Waals surface area contributed by atoms with Crippen LogP contribution in [0.15, 0.2) is 29.9 Å². The summed E-state index contributed by atoms with van der Waals surface area (Å²) in [5.41, 5.74) is 2.70. The highest BCUT2D eigenvalue weighted by atomic mass is 32.2. The molecule has 0 bridgehead atoms. The fraction of sp³-hybridized carbons (Fsp3) is 0.385. The van der Waals surface area contributed by atoms with Crippen LogP contribution in [0.25, 0.3) is 0 Å². The van der Waals surface area contributed by atoms with Crippen molar-refractivity contribution < 1.29 is 8.42 Å². The summed E-state index contributed by atoms with van der Waals surface area (Å²) in [4.78, 5) is 18.7. The van der Waals surface area contributed by atoms with Crippen LogP contribution in [0.3, 0.4) is 0 Å². The van der Waals surface area contributed by atoms with Gasteiger partial charge in [-0.3, -0.25) is 14.9 Å². The molecular formula is C13H15N5O2S. The molecule has 0 spiro atoms. The van der Waals surface area contributed by atoms with Crippen molar-refractivity contribution in [3.63, 3.8) is 0 Å². The van der Waals surface area contributed by atoms with Crippen molar-refractivity contribution >= 4 is 9.84 Å². The third-order valence-corrected chi connectivity index (χ3v) is 4.18. The molecule has 3 rings (SSSR count). The minimum Gasteiger partial charge on any atom is -0.293 e. The molecule has 110 valence electrons. The van der Waals surface area contributed by atoms with Gasteiger partial charge < -0.3 is 0 Å². The lowest BCUT2D eigenvalue weighted by molar-refractivity contribution is 0.239. The van der Waals surface area contributed by atoms with Crippen molar-refractivity contribution in [3.8, 4) is 0 Å². The van der Waals surface area contributed by atoms with E-state index in [9.17, 15) is 8.42 Å². The smallest absolute Gasteiger partial charge is 0.246 e. The second-order valence-corrected chi connectivity index (χ2v) is 6.96. The highest BCUT2D eigenvalue weighted by Gasteiger charge is 2.21. The number of sulfone groups is 1. The molecule has 0 amide bonds. The van der Waals surface area contributed by atoms with Crippen LogP contribution in [0.2, 0.25) is 0 Å². The molecule has 0 aromatic carbocycles. The Morgan fingerprint density at radius 3 is 2.81 bits per heavy atom. The molecule has 1 aliphatic heterocycles. The van der Waals surface area contributed by atoms with Gasteiger partial charge in [-0.2, -0.15) is 0 Å². The van der Waals surface area contributed by atoms with Gasteiger partial charge in [-0.15, -0.1) is 0 Å². The molecule has 1 aliphatic rings. The van der Waals surface area contributed by atoms with Gasteiger partial charge in [0.2, 0.25) is 15.0 Å². The zero-order chi connectivity index (χ0) is 14.9. The first kappa shape index (κ1) is 14.0. The molecule has 0 aliphatic carbocycles. The van der Waals surface area contributed by atoms with Crippen molar-refractivity contribution in [2.45, 2.75) is 24.7 Å². The molecule has 7 nitrogen and oxygen atoms in total. The molecule has 0 saturated carbocycles. The van der Waals surface area contributed by atoms with Crippen LogP contribution in [0.1, 0.15) is 17.0 Å². The maximum absolute atomic E-state index is 11.5. The van der Waals surface area contributed by atoms with Gasteiger partial charge in [0.25, 0.3) is 0 Å². The number of rotatable bonds is 3. The summed E-state index contributed by atoms with van der Waals surface area (Å²) in [6.07, 6.45) is 8.52. The lowest BCUT2D eigenvalue weighted by Crippen LogP contribution is -2.31. The van der Waals surface area contributed by atoms with Gasteiger partial charge in [-0.25, -0.2) is 18.4 Å². The maximum Gasteiger partial charge on any atom is 0.246 e. The van der Waals surface area contributed by atoms with E-state index in [0.29, 0.717) is 19.5 Å². The summed E-state index contributed by atoms with van der Waals surface area (Å²) in [6.45, 7) is 2.21. The number of aromatic nitrogens is 4. The molecule has 0 fully saturated rings. The highest BCUT2D eigenvalue weighted by Crippen LogP contribution is 2.18. The van der Waals surface area contributed by atoms with Gasteiger partial charge in [0.1, 0.15) is 0 Å². The molecule has 0 saturated heterocycles. The first-order valence-electron chi connectivity index (χ1n) is 6.54. The first-order chi connectivity index (χ1) is 10.0. The van der Waals surface area contributed by atoms with Gasteiger partial charge in [-0.1, -0.05) is 0 Å². The summed E-state index contributed by atoms with van der Waals surface area (Å²) in [5, 5.41) is -0.0939. The fourth-order valence-electron chi connectivity index (χ4n) is 2.31. The third-order valence-electron chi connectivity index (χ3n) is 3.32. The minimum absolute atomic E-state index is 0.0939. The summed E-state index contributed by atoms with van der Waals surface area (Å²) in [7, 11) is -3.35. The molecule has 2 aromatic rings. The average molecular weight is 305 g/mol. The van der Waals surface area contributed by atoms with Crippen molar-refractivity contribution in [2.75, 3.05) is 12.8 Å². The normalized spacial score (nSPS) is 15.7. The summed E-state index contributed by atoms with van der Waals surface area (Å²) in [5.74, 6) is 0. The number of hydrogen-bond donors (Lipinski definition) is 0. The molecular weight excluding hydrogens is 290 g/mol. The molecule has 3 heterocycles. The average Bonchev–Trinajstić information content (AvgIpc) is 2.47. The van der Waals surface area contributed by atoms with Crippen molar-refractivity contribution in [1.29, 1.82) is 0 Å². The largest absolute Gasteiger partial charge is 0.293 e. The predicted octanol–water partition coefficient (Wildman–Crippen LogP) is 0.228.